The van der Waals surface area contributed by atoms with Crippen LogP contribution in [0.5, 0.6) is 0 Å². The molecule has 0 saturated heterocycles. The summed E-state index contributed by atoms with van der Waals surface area (Å²) in [4.78, 5) is 33.9. The first-order valence-corrected chi connectivity index (χ1v) is 7.94. The molecule has 134 valence electrons. The van der Waals surface area contributed by atoms with Crippen molar-refractivity contribution in [3.63, 3.8) is 0 Å². The maximum Gasteiger partial charge on any atom is 0.338 e. The van der Waals surface area contributed by atoms with Crippen molar-refractivity contribution < 1.29 is 19.6 Å². The van der Waals surface area contributed by atoms with Crippen LogP contribution in [0.15, 0.2) is 72.8 Å². The first kappa shape index (κ1) is 17.8. The summed E-state index contributed by atoms with van der Waals surface area (Å²) in [6.07, 6.45) is 0. The normalized spacial score (nSPS) is 10.2. The van der Waals surface area contributed by atoms with Crippen molar-refractivity contribution >= 4 is 28.8 Å². The maximum absolute atomic E-state index is 12.4. The van der Waals surface area contributed by atoms with Crippen molar-refractivity contribution in [2.45, 2.75) is 0 Å². The molecule has 27 heavy (non-hydrogen) atoms. The van der Waals surface area contributed by atoms with Crippen LogP contribution in [-0.4, -0.2) is 21.8 Å². The third-order valence-electron chi connectivity index (χ3n) is 3.91. The topological polar surface area (TPSA) is 110 Å². The van der Waals surface area contributed by atoms with Crippen LogP contribution < -0.4 is 5.32 Å². The van der Waals surface area contributed by atoms with E-state index in [2.05, 4.69) is 5.32 Å². The highest BCUT2D eigenvalue weighted by atomic mass is 16.6. The Kier molecular flexibility index (Phi) is 4.94. The SMILES string of the molecule is O=C(c1ccccc1)c1ccc(Nc2ccc([N+](=O)[O-])cc2C(=O)O)cc1. The molecule has 0 aliphatic heterocycles. The fraction of sp³-hybridized carbons (Fsp3) is 0. The average Bonchev–Trinajstić information content (AvgIpc) is 2.68. The first-order chi connectivity index (χ1) is 13.0. The minimum absolute atomic E-state index is 0.122. The Morgan fingerprint density at radius 3 is 2.11 bits per heavy atom. The van der Waals surface area contributed by atoms with Crippen LogP contribution >= 0.6 is 0 Å². The molecule has 7 heteroatoms. The molecule has 3 aromatic carbocycles. The Balaban J connectivity index is 1.84. The van der Waals surface area contributed by atoms with Crippen LogP contribution in [0.2, 0.25) is 0 Å². The number of carboxylic acids is 1. The molecule has 0 aliphatic carbocycles. The highest BCUT2D eigenvalue weighted by Gasteiger charge is 2.16. The number of carboxylic acid groups (broad SMARTS) is 1. The van der Waals surface area contributed by atoms with Gasteiger partial charge in [0.1, 0.15) is 0 Å². The number of benzene rings is 3. The van der Waals surface area contributed by atoms with Crippen LogP contribution in [0.4, 0.5) is 17.1 Å². The third kappa shape index (κ3) is 3.98. The second kappa shape index (κ2) is 7.49. The fourth-order valence-electron chi connectivity index (χ4n) is 2.55. The zero-order valence-electron chi connectivity index (χ0n) is 14.0. The molecule has 3 rings (SSSR count). The Hall–Kier alpha value is -4.00. The van der Waals surface area contributed by atoms with Gasteiger partial charge in [0.25, 0.3) is 5.69 Å². The van der Waals surface area contributed by atoms with E-state index in [0.717, 1.165) is 6.07 Å². The van der Waals surface area contributed by atoms with E-state index in [4.69, 9.17) is 0 Å². The Labute approximate surface area is 154 Å². The van der Waals surface area contributed by atoms with Gasteiger partial charge in [-0.05, 0) is 30.3 Å². The lowest BCUT2D eigenvalue weighted by atomic mass is 10.0. The summed E-state index contributed by atoms with van der Waals surface area (Å²) in [5, 5.41) is 23.0. The smallest absolute Gasteiger partial charge is 0.338 e. The van der Waals surface area contributed by atoms with Crippen molar-refractivity contribution in [2.75, 3.05) is 5.32 Å². The lowest BCUT2D eigenvalue weighted by Gasteiger charge is -2.10. The van der Waals surface area contributed by atoms with E-state index in [1.54, 1.807) is 48.5 Å². The molecule has 0 aromatic heterocycles. The van der Waals surface area contributed by atoms with E-state index < -0.39 is 10.9 Å². The maximum atomic E-state index is 12.4. The van der Waals surface area contributed by atoms with Crippen LogP contribution in [0.3, 0.4) is 0 Å². The van der Waals surface area contributed by atoms with Gasteiger partial charge in [-0.2, -0.15) is 0 Å². The van der Waals surface area contributed by atoms with Crippen molar-refractivity contribution in [2.24, 2.45) is 0 Å². The Bertz CT molecular complexity index is 1010. The van der Waals surface area contributed by atoms with Gasteiger partial charge in [0.15, 0.2) is 5.78 Å². The van der Waals surface area contributed by atoms with Crippen LogP contribution in [0.1, 0.15) is 26.3 Å². The van der Waals surface area contributed by atoms with E-state index in [0.29, 0.717) is 16.8 Å². The predicted molar refractivity (Wildman–Crippen MR) is 99.7 cm³/mol. The molecular weight excluding hydrogens is 348 g/mol. The first-order valence-electron chi connectivity index (χ1n) is 7.94. The van der Waals surface area contributed by atoms with Crippen LogP contribution in [0, 0.1) is 10.1 Å². The number of carbonyl (C=O) groups excluding carboxylic acids is 1. The number of non-ortho nitro benzene ring substituents is 1. The van der Waals surface area contributed by atoms with Gasteiger partial charge in [0.2, 0.25) is 0 Å². The molecule has 0 aliphatic rings. The number of anilines is 2. The predicted octanol–water partition coefficient (Wildman–Crippen LogP) is 4.27. The second-order valence-corrected chi connectivity index (χ2v) is 5.69. The summed E-state index contributed by atoms with van der Waals surface area (Å²) in [6.45, 7) is 0. The summed E-state index contributed by atoms with van der Waals surface area (Å²) < 4.78 is 0. The molecule has 2 N–H and O–H groups in total. The van der Waals surface area contributed by atoms with Gasteiger partial charge in [-0.3, -0.25) is 14.9 Å². The molecule has 0 spiro atoms. The van der Waals surface area contributed by atoms with Crippen molar-refractivity contribution in [1.29, 1.82) is 0 Å². The molecule has 0 bridgehead atoms. The number of hydrogen-bond donors (Lipinski definition) is 2. The monoisotopic (exact) mass is 362 g/mol. The molecule has 0 amide bonds. The Morgan fingerprint density at radius 1 is 0.889 bits per heavy atom. The average molecular weight is 362 g/mol. The molecule has 7 nitrogen and oxygen atoms in total. The molecule has 3 aromatic rings. The van der Waals surface area contributed by atoms with Gasteiger partial charge < -0.3 is 10.4 Å². The number of ketones is 1. The molecule has 0 saturated carbocycles. The molecule has 0 radical (unpaired) electrons. The quantitative estimate of drug-likeness (QED) is 0.385. The van der Waals surface area contributed by atoms with Gasteiger partial charge in [-0.25, -0.2) is 4.79 Å². The highest BCUT2D eigenvalue weighted by molar-refractivity contribution is 6.09. The second-order valence-electron chi connectivity index (χ2n) is 5.69. The largest absolute Gasteiger partial charge is 0.478 e. The lowest BCUT2D eigenvalue weighted by molar-refractivity contribution is -0.384. The van der Waals surface area contributed by atoms with E-state index in [-0.39, 0.29) is 22.7 Å². The van der Waals surface area contributed by atoms with E-state index in [9.17, 15) is 24.8 Å². The van der Waals surface area contributed by atoms with Crippen LogP contribution in [-0.2, 0) is 0 Å². The molecule has 0 heterocycles. The van der Waals surface area contributed by atoms with Crippen molar-refractivity contribution in [3.8, 4) is 0 Å². The summed E-state index contributed by atoms with van der Waals surface area (Å²) in [7, 11) is 0. The minimum atomic E-state index is -1.28. The summed E-state index contributed by atoms with van der Waals surface area (Å²) in [6, 6.07) is 18.9. The Morgan fingerprint density at radius 2 is 1.52 bits per heavy atom. The van der Waals surface area contributed by atoms with Crippen molar-refractivity contribution in [1.82, 2.24) is 0 Å². The number of nitro benzene ring substituents is 1. The number of aromatic carboxylic acids is 1. The number of carbonyl (C=O) groups is 2. The number of nitrogens with one attached hydrogen (secondary N) is 1. The van der Waals surface area contributed by atoms with Gasteiger partial charge >= 0.3 is 5.97 Å². The number of hydrogen-bond acceptors (Lipinski definition) is 5. The highest BCUT2D eigenvalue weighted by Crippen LogP contribution is 2.26. The van der Waals surface area contributed by atoms with Gasteiger partial charge in [-0.1, -0.05) is 30.3 Å². The molecule has 0 fully saturated rings. The molecular formula is C20H14N2O5. The van der Waals surface area contributed by atoms with Gasteiger partial charge in [-0.15, -0.1) is 0 Å². The van der Waals surface area contributed by atoms with E-state index in [1.165, 1.54) is 12.1 Å². The minimum Gasteiger partial charge on any atom is -0.478 e. The third-order valence-corrected chi connectivity index (χ3v) is 3.91. The molecule has 0 unspecified atom stereocenters. The number of nitro groups is 1. The van der Waals surface area contributed by atoms with Gasteiger partial charge in [0, 0.05) is 28.9 Å². The van der Waals surface area contributed by atoms with E-state index in [1.807, 2.05) is 6.07 Å². The fourth-order valence-corrected chi connectivity index (χ4v) is 2.55. The summed E-state index contributed by atoms with van der Waals surface area (Å²) in [5.74, 6) is -1.40. The van der Waals surface area contributed by atoms with Crippen molar-refractivity contribution in [3.05, 3.63) is 99.6 Å². The standard InChI is InChI=1S/C20H14N2O5/c23-19(13-4-2-1-3-5-13)14-6-8-15(9-7-14)21-18-11-10-16(22(26)27)12-17(18)20(24)25/h1-12,21H,(H,24,25). The van der Waals surface area contributed by atoms with Gasteiger partial charge in [0.05, 0.1) is 16.2 Å². The lowest BCUT2D eigenvalue weighted by Crippen LogP contribution is -2.04. The summed E-state index contributed by atoms with van der Waals surface area (Å²) in [5.41, 5.74) is 1.32. The molecule has 0 atom stereocenters. The summed E-state index contributed by atoms with van der Waals surface area (Å²) >= 11 is 0. The zero-order chi connectivity index (χ0) is 19.4. The number of nitrogens with zero attached hydrogens (tertiary/aromatic N) is 1. The zero-order valence-corrected chi connectivity index (χ0v) is 14.0. The van der Waals surface area contributed by atoms with E-state index >= 15 is 0 Å². The van der Waals surface area contributed by atoms with Crippen LogP contribution in [0.25, 0.3) is 0 Å². The number of rotatable bonds is 6.